The van der Waals surface area contributed by atoms with Crippen LogP contribution in [0.1, 0.15) is 29.9 Å². The Labute approximate surface area is 79.1 Å². The third-order valence-corrected chi connectivity index (χ3v) is 2.72. The van der Waals surface area contributed by atoms with Crippen molar-refractivity contribution in [3.05, 3.63) is 23.3 Å². The van der Waals surface area contributed by atoms with Crippen molar-refractivity contribution in [3.63, 3.8) is 0 Å². The van der Waals surface area contributed by atoms with Crippen molar-refractivity contribution >= 4 is 11.4 Å². The molecular weight excluding hydrogens is 160 g/mol. The molecule has 70 valence electrons. The van der Waals surface area contributed by atoms with Gasteiger partial charge in [-0.2, -0.15) is 0 Å². The Kier molecular flexibility index (Phi) is 1.91. The van der Waals surface area contributed by atoms with E-state index in [0.717, 1.165) is 17.3 Å². The van der Waals surface area contributed by atoms with Crippen LogP contribution in [0, 0.1) is 6.92 Å². The summed E-state index contributed by atoms with van der Waals surface area (Å²) in [5, 5.41) is 3.12. The minimum Gasteiger partial charge on any atom is -0.397 e. The molecule has 13 heavy (non-hydrogen) atoms. The standard InChI is InChI=1S/C11H16N2/c1-7-5-10(12)11(13-2)6-9(7)8-3-4-8/h5-6,8,13H,3-4,12H2,1-2H3. The molecular formula is C11H16N2. The molecule has 2 rings (SSSR count). The van der Waals surface area contributed by atoms with E-state index in [1.807, 2.05) is 7.05 Å². The number of anilines is 2. The summed E-state index contributed by atoms with van der Waals surface area (Å²) in [5.41, 5.74) is 10.6. The van der Waals surface area contributed by atoms with Crippen molar-refractivity contribution < 1.29 is 0 Å². The van der Waals surface area contributed by atoms with E-state index in [1.54, 1.807) is 0 Å². The number of rotatable bonds is 2. The van der Waals surface area contributed by atoms with E-state index in [4.69, 9.17) is 5.73 Å². The molecule has 2 nitrogen and oxygen atoms in total. The van der Waals surface area contributed by atoms with Gasteiger partial charge in [0.25, 0.3) is 0 Å². The van der Waals surface area contributed by atoms with Gasteiger partial charge in [-0.1, -0.05) is 0 Å². The maximum absolute atomic E-state index is 5.86. The quantitative estimate of drug-likeness (QED) is 0.679. The van der Waals surface area contributed by atoms with Crippen LogP contribution in [0.3, 0.4) is 0 Å². The average molecular weight is 176 g/mol. The molecule has 3 N–H and O–H groups in total. The lowest BCUT2D eigenvalue weighted by Crippen LogP contribution is -1.98. The summed E-state index contributed by atoms with van der Waals surface area (Å²) in [6.07, 6.45) is 2.68. The van der Waals surface area contributed by atoms with E-state index in [1.165, 1.54) is 24.0 Å². The van der Waals surface area contributed by atoms with Crippen molar-refractivity contribution in [1.29, 1.82) is 0 Å². The smallest absolute Gasteiger partial charge is 0.0574 e. The molecule has 0 unspecified atom stereocenters. The molecule has 1 saturated carbocycles. The Hall–Kier alpha value is -1.18. The predicted molar refractivity (Wildman–Crippen MR) is 57.1 cm³/mol. The molecule has 0 radical (unpaired) electrons. The number of nitrogens with one attached hydrogen (secondary N) is 1. The van der Waals surface area contributed by atoms with Crippen molar-refractivity contribution in [2.45, 2.75) is 25.7 Å². The van der Waals surface area contributed by atoms with Crippen LogP contribution in [0.5, 0.6) is 0 Å². The van der Waals surface area contributed by atoms with E-state index in [2.05, 4.69) is 24.4 Å². The molecule has 0 atom stereocenters. The summed E-state index contributed by atoms with van der Waals surface area (Å²) in [4.78, 5) is 0. The first-order valence-electron chi connectivity index (χ1n) is 4.80. The van der Waals surface area contributed by atoms with Crippen LogP contribution in [0.2, 0.25) is 0 Å². The van der Waals surface area contributed by atoms with Crippen LogP contribution in [0.25, 0.3) is 0 Å². The number of hydrogen-bond donors (Lipinski definition) is 2. The monoisotopic (exact) mass is 176 g/mol. The highest BCUT2D eigenvalue weighted by atomic mass is 14.8. The average Bonchev–Trinajstić information content (AvgIpc) is 2.88. The summed E-state index contributed by atoms with van der Waals surface area (Å²) in [6, 6.07) is 4.27. The fraction of sp³-hybridized carbons (Fsp3) is 0.455. The van der Waals surface area contributed by atoms with E-state index in [9.17, 15) is 0 Å². The summed E-state index contributed by atoms with van der Waals surface area (Å²) >= 11 is 0. The number of aryl methyl sites for hydroxylation is 1. The molecule has 1 aromatic rings. The van der Waals surface area contributed by atoms with Gasteiger partial charge in [-0.25, -0.2) is 0 Å². The van der Waals surface area contributed by atoms with Crippen LogP contribution in [-0.4, -0.2) is 7.05 Å². The van der Waals surface area contributed by atoms with E-state index in [-0.39, 0.29) is 0 Å². The minimum atomic E-state index is 0.799. The Morgan fingerprint density at radius 1 is 1.38 bits per heavy atom. The number of nitrogen functional groups attached to an aromatic ring is 1. The van der Waals surface area contributed by atoms with Crippen LogP contribution in [0.4, 0.5) is 11.4 Å². The minimum absolute atomic E-state index is 0.799. The van der Waals surface area contributed by atoms with Gasteiger partial charge in [0.2, 0.25) is 0 Å². The van der Waals surface area contributed by atoms with Gasteiger partial charge in [-0.05, 0) is 48.9 Å². The summed E-state index contributed by atoms with van der Waals surface area (Å²) in [5.74, 6) is 0.799. The van der Waals surface area contributed by atoms with Gasteiger partial charge in [0.15, 0.2) is 0 Å². The van der Waals surface area contributed by atoms with Gasteiger partial charge in [-0.3, -0.25) is 0 Å². The van der Waals surface area contributed by atoms with Crippen molar-refractivity contribution in [3.8, 4) is 0 Å². The molecule has 0 spiro atoms. The fourth-order valence-corrected chi connectivity index (χ4v) is 1.80. The van der Waals surface area contributed by atoms with Gasteiger partial charge in [0.05, 0.1) is 11.4 Å². The zero-order valence-corrected chi connectivity index (χ0v) is 8.22. The molecule has 0 heterocycles. The van der Waals surface area contributed by atoms with Gasteiger partial charge in [0.1, 0.15) is 0 Å². The first kappa shape index (κ1) is 8.42. The Morgan fingerprint density at radius 3 is 2.62 bits per heavy atom. The van der Waals surface area contributed by atoms with E-state index < -0.39 is 0 Å². The fourth-order valence-electron chi connectivity index (χ4n) is 1.80. The lowest BCUT2D eigenvalue weighted by Gasteiger charge is -2.10. The molecule has 0 bridgehead atoms. The van der Waals surface area contributed by atoms with Gasteiger partial charge < -0.3 is 11.1 Å². The maximum Gasteiger partial charge on any atom is 0.0574 e. The summed E-state index contributed by atoms with van der Waals surface area (Å²) in [7, 11) is 1.91. The first-order valence-corrected chi connectivity index (χ1v) is 4.80. The molecule has 0 aliphatic heterocycles. The molecule has 2 heteroatoms. The van der Waals surface area contributed by atoms with Gasteiger partial charge >= 0.3 is 0 Å². The SMILES string of the molecule is CNc1cc(C2CC2)c(C)cc1N. The van der Waals surface area contributed by atoms with E-state index in [0.29, 0.717) is 0 Å². The van der Waals surface area contributed by atoms with Gasteiger partial charge in [0, 0.05) is 7.05 Å². The Balaban J connectivity index is 2.44. The normalized spacial score (nSPS) is 15.8. The molecule has 1 aliphatic carbocycles. The van der Waals surface area contributed by atoms with Crippen LogP contribution < -0.4 is 11.1 Å². The van der Waals surface area contributed by atoms with Crippen molar-refractivity contribution in [2.24, 2.45) is 0 Å². The highest BCUT2D eigenvalue weighted by molar-refractivity contribution is 5.69. The first-order chi connectivity index (χ1) is 6.22. The molecule has 1 fully saturated rings. The van der Waals surface area contributed by atoms with Gasteiger partial charge in [-0.15, -0.1) is 0 Å². The second-order valence-electron chi connectivity index (χ2n) is 3.82. The van der Waals surface area contributed by atoms with Crippen LogP contribution in [-0.2, 0) is 0 Å². The number of nitrogens with two attached hydrogens (primary N) is 1. The topological polar surface area (TPSA) is 38.0 Å². The highest BCUT2D eigenvalue weighted by Crippen LogP contribution is 2.43. The lowest BCUT2D eigenvalue weighted by molar-refractivity contribution is 1.10. The molecule has 1 aromatic carbocycles. The second-order valence-corrected chi connectivity index (χ2v) is 3.82. The largest absolute Gasteiger partial charge is 0.397 e. The second kappa shape index (κ2) is 2.95. The summed E-state index contributed by atoms with van der Waals surface area (Å²) < 4.78 is 0. The molecule has 0 aromatic heterocycles. The molecule has 1 aliphatic rings. The molecule has 0 saturated heterocycles. The zero-order chi connectivity index (χ0) is 9.42. The predicted octanol–water partition coefficient (Wildman–Crippen LogP) is 2.50. The third-order valence-electron chi connectivity index (χ3n) is 2.72. The van der Waals surface area contributed by atoms with E-state index >= 15 is 0 Å². The number of benzene rings is 1. The van der Waals surface area contributed by atoms with Crippen LogP contribution >= 0.6 is 0 Å². The van der Waals surface area contributed by atoms with Crippen LogP contribution in [0.15, 0.2) is 12.1 Å². The lowest BCUT2D eigenvalue weighted by atomic mass is 10.0. The highest BCUT2D eigenvalue weighted by Gasteiger charge is 2.25. The van der Waals surface area contributed by atoms with Crippen molar-refractivity contribution in [2.75, 3.05) is 18.1 Å². The Morgan fingerprint density at radius 2 is 2.08 bits per heavy atom. The van der Waals surface area contributed by atoms with Crippen molar-refractivity contribution in [1.82, 2.24) is 0 Å². The Bertz CT molecular complexity index is 327. The molecule has 0 amide bonds. The summed E-state index contributed by atoms with van der Waals surface area (Å²) in [6.45, 7) is 2.14. The zero-order valence-electron chi connectivity index (χ0n) is 8.22. The maximum atomic E-state index is 5.86. The number of hydrogen-bond acceptors (Lipinski definition) is 2. The third kappa shape index (κ3) is 1.48.